The fourth-order valence-corrected chi connectivity index (χ4v) is 2.32. The maximum Gasteiger partial charge on any atom is 0.466 e. The minimum absolute atomic E-state index is 0.437. The number of carboxylic acid groups (broad SMARTS) is 2. The molecule has 1 fully saturated rings. The molecule has 0 aliphatic heterocycles. The summed E-state index contributed by atoms with van der Waals surface area (Å²) in [6.45, 7) is 5.10. The molecule has 0 amide bonds. The highest BCUT2D eigenvalue weighted by atomic mass is 31.2. The Balaban J connectivity index is 0.000000555. The van der Waals surface area contributed by atoms with E-state index in [1.165, 1.54) is 0 Å². The van der Waals surface area contributed by atoms with Crippen LogP contribution in [0.25, 0.3) is 0 Å². The van der Waals surface area contributed by atoms with Gasteiger partial charge >= 0.3 is 19.8 Å². The lowest BCUT2D eigenvalue weighted by atomic mass is 9.66. The van der Waals surface area contributed by atoms with Crippen LogP contribution in [0.3, 0.4) is 0 Å². The van der Waals surface area contributed by atoms with E-state index in [-0.39, 0.29) is 0 Å². The summed E-state index contributed by atoms with van der Waals surface area (Å²) in [6, 6.07) is 0. The van der Waals surface area contributed by atoms with Crippen molar-refractivity contribution in [1.82, 2.24) is 0 Å². The predicted octanol–water partition coefficient (Wildman–Crippen LogP) is 0.669. The SMILES string of the molecule is CC1(C(=O)O)CCC(C(=O)O)C1(C)C.O=P(O)(O)O. The second kappa shape index (κ2) is 5.58. The van der Waals surface area contributed by atoms with Crippen LogP contribution >= 0.6 is 7.82 Å². The van der Waals surface area contributed by atoms with E-state index in [0.29, 0.717) is 12.8 Å². The molecule has 1 rings (SSSR count). The van der Waals surface area contributed by atoms with Crippen LogP contribution in [0.2, 0.25) is 0 Å². The number of hydrogen-bond donors (Lipinski definition) is 5. The Morgan fingerprint density at radius 1 is 1.11 bits per heavy atom. The molecule has 1 aliphatic carbocycles. The van der Waals surface area contributed by atoms with Crippen molar-refractivity contribution in [3.8, 4) is 0 Å². The molecule has 112 valence electrons. The minimum Gasteiger partial charge on any atom is -0.481 e. The topological polar surface area (TPSA) is 152 Å². The Hall–Kier alpha value is -0.950. The van der Waals surface area contributed by atoms with Crippen LogP contribution in [-0.4, -0.2) is 36.8 Å². The molecule has 0 aromatic rings. The lowest BCUT2D eigenvalue weighted by molar-refractivity contribution is -0.157. The number of rotatable bonds is 2. The Kier molecular flexibility index (Phi) is 5.30. The molecule has 5 N–H and O–H groups in total. The first-order valence-corrected chi connectivity index (χ1v) is 7.04. The Bertz CT molecular complexity index is 403. The van der Waals surface area contributed by atoms with Crippen molar-refractivity contribution in [3.05, 3.63) is 0 Å². The van der Waals surface area contributed by atoms with E-state index in [0.717, 1.165) is 0 Å². The molecule has 1 aliphatic rings. The first-order valence-electron chi connectivity index (χ1n) is 5.48. The van der Waals surface area contributed by atoms with Crippen molar-refractivity contribution in [1.29, 1.82) is 0 Å². The van der Waals surface area contributed by atoms with Crippen LogP contribution in [0.1, 0.15) is 33.6 Å². The molecule has 0 spiro atoms. The zero-order valence-corrected chi connectivity index (χ0v) is 11.8. The number of carbonyl (C=O) groups is 2. The largest absolute Gasteiger partial charge is 0.481 e. The molecule has 0 aromatic heterocycles. The van der Waals surface area contributed by atoms with Crippen LogP contribution in [0, 0.1) is 16.7 Å². The van der Waals surface area contributed by atoms with E-state index in [9.17, 15) is 9.59 Å². The number of phosphoric acid groups is 1. The van der Waals surface area contributed by atoms with Gasteiger partial charge in [-0.3, -0.25) is 9.59 Å². The Morgan fingerprint density at radius 2 is 1.47 bits per heavy atom. The maximum atomic E-state index is 11.1. The summed E-state index contributed by atoms with van der Waals surface area (Å²) >= 11 is 0. The lowest BCUT2D eigenvalue weighted by Gasteiger charge is -2.36. The van der Waals surface area contributed by atoms with Crippen LogP contribution in [-0.2, 0) is 14.2 Å². The third kappa shape index (κ3) is 4.28. The summed E-state index contributed by atoms with van der Waals surface area (Å²) in [5, 5.41) is 18.1. The van der Waals surface area contributed by atoms with Gasteiger partial charge in [0, 0.05) is 0 Å². The first-order chi connectivity index (χ1) is 8.23. The van der Waals surface area contributed by atoms with Gasteiger partial charge in [0.05, 0.1) is 11.3 Å². The summed E-state index contributed by atoms with van der Waals surface area (Å²) in [7, 11) is -4.64. The van der Waals surface area contributed by atoms with Gasteiger partial charge in [-0.2, -0.15) is 0 Å². The standard InChI is InChI=1S/C10H16O4.H3O4P/c1-9(2)6(7(11)12)4-5-10(9,3)8(13)14;1-5(2,3)4/h6H,4-5H2,1-3H3,(H,11,12)(H,13,14);(H3,1,2,3,4). The van der Waals surface area contributed by atoms with Gasteiger partial charge < -0.3 is 24.9 Å². The molecule has 2 unspecified atom stereocenters. The summed E-state index contributed by atoms with van der Waals surface area (Å²) in [4.78, 5) is 43.6. The number of hydrogen-bond acceptors (Lipinski definition) is 3. The van der Waals surface area contributed by atoms with Crippen molar-refractivity contribution >= 4 is 19.8 Å². The van der Waals surface area contributed by atoms with Gasteiger partial charge in [0.1, 0.15) is 0 Å². The third-order valence-electron chi connectivity index (χ3n) is 4.00. The smallest absolute Gasteiger partial charge is 0.466 e. The quantitative estimate of drug-likeness (QED) is 0.466. The van der Waals surface area contributed by atoms with Gasteiger partial charge in [-0.1, -0.05) is 13.8 Å². The number of aliphatic carboxylic acids is 2. The normalized spacial score (nSPS) is 29.3. The highest BCUT2D eigenvalue weighted by molar-refractivity contribution is 7.45. The van der Waals surface area contributed by atoms with Crippen LogP contribution in [0.5, 0.6) is 0 Å². The average Bonchev–Trinajstić information content (AvgIpc) is 2.36. The minimum atomic E-state index is -4.64. The van der Waals surface area contributed by atoms with Gasteiger partial charge in [-0.05, 0) is 25.2 Å². The van der Waals surface area contributed by atoms with Crippen molar-refractivity contribution in [2.45, 2.75) is 33.6 Å². The molecular weight excluding hydrogens is 279 g/mol. The second-order valence-electron chi connectivity index (χ2n) is 5.30. The molecule has 0 aromatic carbocycles. The zero-order chi connectivity index (χ0) is 15.6. The molecule has 0 radical (unpaired) electrons. The summed E-state index contributed by atoms with van der Waals surface area (Å²) < 4.78 is 8.88. The Morgan fingerprint density at radius 3 is 1.63 bits per heavy atom. The summed E-state index contributed by atoms with van der Waals surface area (Å²) in [5.41, 5.74) is -1.61. The highest BCUT2D eigenvalue weighted by Gasteiger charge is 2.58. The van der Waals surface area contributed by atoms with Crippen LogP contribution < -0.4 is 0 Å². The molecule has 0 heterocycles. The van der Waals surface area contributed by atoms with Gasteiger partial charge in [0.2, 0.25) is 0 Å². The fourth-order valence-electron chi connectivity index (χ4n) is 2.32. The molecule has 2 atom stereocenters. The van der Waals surface area contributed by atoms with E-state index in [4.69, 9.17) is 29.5 Å². The lowest BCUT2D eigenvalue weighted by Crippen LogP contribution is -2.42. The summed E-state index contributed by atoms with van der Waals surface area (Å²) in [5.74, 6) is -2.34. The van der Waals surface area contributed by atoms with E-state index in [2.05, 4.69) is 0 Å². The van der Waals surface area contributed by atoms with Crippen molar-refractivity contribution in [2.75, 3.05) is 0 Å². The van der Waals surface area contributed by atoms with Gasteiger partial charge in [-0.15, -0.1) is 0 Å². The third-order valence-corrected chi connectivity index (χ3v) is 4.00. The first kappa shape index (κ1) is 18.0. The summed E-state index contributed by atoms with van der Waals surface area (Å²) in [6.07, 6.45) is 0.886. The van der Waals surface area contributed by atoms with E-state index in [1.807, 2.05) is 0 Å². The van der Waals surface area contributed by atoms with E-state index in [1.54, 1.807) is 20.8 Å². The van der Waals surface area contributed by atoms with Gasteiger partial charge in [0.15, 0.2) is 0 Å². The van der Waals surface area contributed by atoms with E-state index < -0.39 is 36.5 Å². The molecule has 19 heavy (non-hydrogen) atoms. The molecule has 0 bridgehead atoms. The highest BCUT2D eigenvalue weighted by Crippen LogP contribution is 2.56. The Labute approximate surface area is 110 Å². The molecular formula is C10H19O8P. The van der Waals surface area contributed by atoms with Gasteiger partial charge in [0.25, 0.3) is 0 Å². The molecule has 9 heteroatoms. The predicted molar refractivity (Wildman–Crippen MR) is 64.1 cm³/mol. The number of carboxylic acids is 2. The average molecular weight is 298 g/mol. The van der Waals surface area contributed by atoms with Gasteiger partial charge in [-0.25, -0.2) is 4.57 Å². The monoisotopic (exact) mass is 298 g/mol. The maximum absolute atomic E-state index is 11.1. The molecule has 1 saturated carbocycles. The van der Waals surface area contributed by atoms with Crippen molar-refractivity contribution in [2.24, 2.45) is 16.7 Å². The fraction of sp³-hybridized carbons (Fsp3) is 0.800. The van der Waals surface area contributed by atoms with Crippen molar-refractivity contribution < 1.29 is 39.0 Å². The van der Waals surface area contributed by atoms with Crippen molar-refractivity contribution in [3.63, 3.8) is 0 Å². The molecule has 8 nitrogen and oxygen atoms in total. The van der Waals surface area contributed by atoms with Crippen LogP contribution in [0.4, 0.5) is 0 Å². The van der Waals surface area contributed by atoms with E-state index >= 15 is 0 Å². The zero-order valence-electron chi connectivity index (χ0n) is 10.9. The van der Waals surface area contributed by atoms with Crippen LogP contribution in [0.15, 0.2) is 0 Å². The molecule has 0 saturated heterocycles. The second-order valence-corrected chi connectivity index (χ2v) is 6.33.